The van der Waals surface area contributed by atoms with Gasteiger partial charge in [-0.1, -0.05) is 25.6 Å². The second-order valence-electron chi connectivity index (χ2n) is 7.08. The van der Waals surface area contributed by atoms with Crippen LogP contribution in [0.5, 0.6) is 0 Å². The first-order valence-corrected chi connectivity index (χ1v) is 12.5. The van der Waals surface area contributed by atoms with Crippen molar-refractivity contribution in [2.75, 3.05) is 13.7 Å². The first-order chi connectivity index (χ1) is 12.4. The molecule has 4 nitrogen and oxygen atoms in total. The molecular weight excluding hydrogens is 395 g/mol. The topological polar surface area (TPSA) is 46.6 Å². The minimum atomic E-state index is -4.50. The van der Waals surface area contributed by atoms with E-state index in [4.69, 9.17) is 0 Å². The predicted molar refractivity (Wildman–Crippen MR) is 100 cm³/mol. The van der Waals surface area contributed by atoms with Crippen molar-refractivity contribution in [2.45, 2.75) is 42.5 Å². The van der Waals surface area contributed by atoms with E-state index in [2.05, 4.69) is 16.2 Å². The highest BCUT2D eigenvalue weighted by Gasteiger charge is 2.39. The Hall–Kier alpha value is -1.92. The number of carbonyl (C=O) groups is 2. The van der Waals surface area contributed by atoms with Gasteiger partial charge in [-0.25, -0.2) is 4.79 Å². The highest BCUT2D eigenvalue weighted by Crippen LogP contribution is 2.39. The van der Waals surface area contributed by atoms with E-state index in [0.717, 1.165) is 0 Å². The van der Waals surface area contributed by atoms with Crippen LogP contribution in [0.1, 0.15) is 22.3 Å². The van der Waals surface area contributed by atoms with Gasteiger partial charge in [0.25, 0.3) is 5.91 Å². The number of esters is 1. The lowest BCUT2D eigenvalue weighted by Gasteiger charge is -2.38. The molecule has 1 aliphatic heterocycles. The van der Waals surface area contributed by atoms with E-state index in [0.29, 0.717) is 13.0 Å². The molecule has 0 bridgehead atoms. The third-order valence-electron chi connectivity index (χ3n) is 3.78. The fourth-order valence-corrected chi connectivity index (χ4v) is 3.57. The van der Waals surface area contributed by atoms with E-state index >= 15 is 0 Å². The van der Waals surface area contributed by atoms with Crippen LogP contribution in [-0.2, 0) is 9.53 Å². The largest absolute Gasteiger partial charge is 0.467 e. The number of methoxy groups -OCH3 is 1. The molecule has 0 spiro atoms. The van der Waals surface area contributed by atoms with Crippen molar-refractivity contribution in [3.63, 3.8) is 0 Å². The number of likely N-dealkylation sites (tertiary alicyclic amines) is 1. The summed E-state index contributed by atoms with van der Waals surface area (Å²) < 4.78 is 43.5. The smallest absolute Gasteiger partial charge is 0.446 e. The quantitative estimate of drug-likeness (QED) is 0.325. The summed E-state index contributed by atoms with van der Waals surface area (Å²) in [4.78, 5) is 25.4. The number of rotatable bonds is 3. The zero-order valence-corrected chi connectivity index (χ0v) is 17.3. The molecule has 1 atom stereocenters. The van der Waals surface area contributed by atoms with Crippen LogP contribution in [0.2, 0.25) is 19.6 Å². The van der Waals surface area contributed by atoms with Gasteiger partial charge < -0.3 is 9.64 Å². The van der Waals surface area contributed by atoms with Gasteiger partial charge in [0.2, 0.25) is 0 Å². The molecule has 1 aliphatic rings. The summed E-state index contributed by atoms with van der Waals surface area (Å²) in [6.45, 7) is 6.33. The average molecular weight is 416 g/mol. The minimum Gasteiger partial charge on any atom is -0.467 e. The van der Waals surface area contributed by atoms with Gasteiger partial charge >= 0.3 is 11.5 Å². The Kier molecular flexibility index (Phi) is 6.32. The Morgan fingerprint density at radius 3 is 2.44 bits per heavy atom. The number of hydrogen-bond donors (Lipinski definition) is 0. The summed E-state index contributed by atoms with van der Waals surface area (Å²) >= 11 is -0.291. The van der Waals surface area contributed by atoms with Gasteiger partial charge in [0, 0.05) is 22.6 Å². The highest BCUT2D eigenvalue weighted by molar-refractivity contribution is 8.00. The molecule has 2 rings (SSSR count). The first kappa shape index (κ1) is 21.4. The summed E-state index contributed by atoms with van der Waals surface area (Å²) in [6, 6.07) is 3.39. The zero-order chi connectivity index (χ0) is 20.4. The number of nitrogens with zero attached hydrogens (tertiary/aromatic N) is 1. The van der Waals surface area contributed by atoms with Crippen LogP contribution >= 0.6 is 11.8 Å². The highest BCUT2D eigenvalue weighted by atomic mass is 32.2. The Bertz CT molecular complexity index is 809. The molecule has 1 aromatic rings. The molecule has 0 aliphatic carbocycles. The molecule has 1 fully saturated rings. The van der Waals surface area contributed by atoms with Crippen LogP contribution in [0.15, 0.2) is 23.1 Å². The van der Waals surface area contributed by atoms with Crippen molar-refractivity contribution in [3.8, 4) is 11.5 Å². The SMILES string of the molecule is COC(=O)C1CCN1C(=O)c1ccc(C#C[Si](C)(C)C)c(SC(F)(F)F)c1. The van der Waals surface area contributed by atoms with Crippen molar-refractivity contribution in [1.29, 1.82) is 0 Å². The van der Waals surface area contributed by atoms with E-state index in [1.165, 1.54) is 30.2 Å². The standard InChI is InChI=1S/C18H20F3NO3SSi/c1-25-17(24)14-7-9-22(14)16(23)13-6-5-12(8-10-27(2,3)4)15(11-13)26-18(19,20)21/h5-6,11,14H,7,9H2,1-4H3. The van der Waals surface area contributed by atoms with Crippen molar-refractivity contribution in [1.82, 2.24) is 4.90 Å². The monoisotopic (exact) mass is 415 g/mol. The van der Waals surface area contributed by atoms with Crippen LogP contribution in [0, 0.1) is 11.5 Å². The number of alkyl halides is 3. The van der Waals surface area contributed by atoms with Gasteiger partial charge in [-0.3, -0.25) is 4.79 Å². The molecule has 1 unspecified atom stereocenters. The van der Waals surface area contributed by atoms with Crippen LogP contribution in [0.25, 0.3) is 0 Å². The van der Waals surface area contributed by atoms with E-state index < -0.39 is 31.5 Å². The van der Waals surface area contributed by atoms with Gasteiger partial charge in [-0.05, 0) is 36.4 Å². The number of halogens is 3. The predicted octanol–water partition coefficient (Wildman–Crippen LogP) is 3.91. The Balaban J connectivity index is 2.36. The third-order valence-corrected chi connectivity index (χ3v) is 5.44. The van der Waals surface area contributed by atoms with Gasteiger partial charge in [-0.2, -0.15) is 13.2 Å². The van der Waals surface area contributed by atoms with Gasteiger partial charge in [-0.15, -0.1) is 5.54 Å². The molecule has 0 aromatic heterocycles. The molecule has 9 heteroatoms. The molecular formula is C18H20F3NO3SSi. The molecule has 0 N–H and O–H groups in total. The first-order valence-electron chi connectivity index (χ1n) is 8.23. The van der Waals surface area contributed by atoms with E-state index in [1.807, 2.05) is 19.6 Å². The Morgan fingerprint density at radius 2 is 1.96 bits per heavy atom. The lowest BCUT2D eigenvalue weighted by molar-refractivity contribution is -0.149. The maximum atomic E-state index is 12.9. The number of hydrogen-bond acceptors (Lipinski definition) is 4. The van der Waals surface area contributed by atoms with Crippen LogP contribution in [-0.4, -0.2) is 50.1 Å². The summed E-state index contributed by atoms with van der Waals surface area (Å²) in [6.07, 6.45) is 0.475. The Morgan fingerprint density at radius 1 is 1.30 bits per heavy atom. The van der Waals surface area contributed by atoms with E-state index in [9.17, 15) is 22.8 Å². The summed E-state index contributed by atoms with van der Waals surface area (Å²) in [5, 5.41) is 0. The fraction of sp³-hybridized carbons (Fsp3) is 0.444. The van der Waals surface area contributed by atoms with E-state index in [1.54, 1.807) is 0 Å². The van der Waals surface area contributed by atoms with Crippen LogP contribution in [0.4, 0.5) is 13.2 Å². The molecule has 1 aromatic carbocycles. The molecule has 1 amide bonds. The second kappa shape index (κ2) is 7.98. The second-order valence-corrected chi connectivity index (χ2v) is 12.9. The molecule has 0 saturated carbocycles. The minimum absolute atomic E-state index is 0.0916. The Labute approximate surface area is 161 Å². The molecule has 146 valence electrons. The van der Waals surface area contributed by atoms with Crippen molar-refractivity contribution in [3.05, 3.63) is 29.3 Å². The molecule has 1 saturated heterocycles. The fourth-order valence-electron chi connectivity index (χ4n) is 2.40. The number of benzene rings is 1. The number of amides is 1. The van der Waals surface area contributed by atoms with Crippen LogP contribution < -0.4 is 0 Å². The summed E-state index contributed by atoms with van der Waals surface area (Å²) in [5.41, 5.74) is -1.13. The van der Waals surface area contributed by atoms with Crippen molar-refractivity contribution in [2.24, 2.45) is 0 Å². The normalized spacial score (nSPS) is 16.9. The zero-order valence-electron chi connectivity index (χ0n) is 15.4. The van der Waals surface area contributed by atoms with Gasteiger partial charge in [0.05, 0.1) is 7.11 Å². The third kappa shape index (κ3) is 5.78. The van der Waals surface area contributed by atoms with Gasteiger partial charge in [0.1, 0.15) is 14.1 Å². The maximum absolute atomic E-state index is 12.9. The summed E-state index contributed by atoms with van der Waals surface area (Å²) in [5.74, 6) is 1.80. The number of ether oxygens (including phenoxy) is 1. The summed E-state index contributed by atoms with van der Waals surface area (Å²) in [7, 11) is -0.546. The van der Waals surface area contributed by atoms with Crippen molar-refractivity contribution < 1.29 is 27.5 Å². The molecule has 0 radical (unpaired) electrons. The lowest BCUT2D eigenvalue weighted by atomic mass is 10.0. The lowest BCUT2D eigenvalue weighted by Crippen LogP contribution is -2.55. The molecule has 1 heterocycles. The maximum Gasteiger partial charge on any atom is 0.446 e. The van der Waals surface area contributed by atoms with Crippen molar-refractivity contribution >= 4 is 31.7 Å². The van der Waals surface area contributed by atoms with Gasteiger partial charge in [0.15, 0.2) is 0 Å². The van der Waals surface area contributed by atoms with Crippen LogP contribution in [0.3, 0.4) is 0 Å². The molecule has 27 heavy (non-hydrogen) atoms. The number of thioether (sulfide) groups is 1. The number of carbonyl (C=O) groups excluding carboxylic acids is 2. The average Bonchev–Trinajstić information content (AvgIpc) is 2.49. The van der Waals surface area contributed by atoms with E-state index in [-0.39, 0.29) is 27.8 Å².